The molecule has 3 heterocycles. The number of carbonyl (C=O) groups is 1. The van der Waals surface area contributed by atoms with E-state index in [1.54, 1.807) is 30.3 Å². The molecule has 11 heteroatoms. The van der Waals surface area contributed by atoms with Crippen LogP contribution in [0, 0.1) is 5.82 Å². The number of nitrogens with zero attached hydrogens (tertiary/aromatic N) is 4. The van der Waals surface area contributed by atoms with Gasteiger partial charge in [0, 0.05) is 38.3 Å². The van der Waals surface area contributed by atoms with Crippen LogP contribution in [0.2, 0.25) is 0 Å². The number of amides is 1. The molecule has 3 N–H and O–H groups in total. The molecule has 1 unspecified atom stereocenters. The van der Waals surface area contributed by atoms with E-state index in [0.717, 1.165) is 22.4 Å². The van der Waals surface area contributed by atoms with Crippen LogP contribution in [-0.4, -0.2) is 51.4 Å². The first-order chi connectivity index (χ1) is 20.2. The molecule has 4 aromatic rings. The smallest absolute Gasteiger partial charge is 0.392 e. The van der Waals surface area contributed by atoms with Gasteiger partial charge in [-0.15, -0.1) is 0 Å². The van der Waals surface area contributed by atoms with Gasteiger partial charge in [-0.05, 0) is 53.3 Å². The largest absolute Gasteiger partial charge is 0.435 e. The molecule has 1 aromatic heterocycles. The Morgan fingerprint density at radius 2 is 1.71 bits per heavy atom. The lowest BCUT2D eigenvalue weighted by molar-refractivity contribution is -0.141. The third-order valence-electron chi connectivity index (χ3n) is 7.93. The highest BCUT2D eigenvalue weighted by Gasteiger charge is 2.44. The van der Waals surface area contributed by atoms with E-state index in [9.17, 15) is 23.1 Å². The molecule has 1 fully saturated rings. The first-order valence-corrected chi connectivity index (χ1v) is 13.7. The summed E-state index contributed by atoms with van der Waals surface area (Å²) in [4.78, 5) is 17.1. The Morgan fingerprint density at radius 1 is 0.976 bits per heavy atom. The van der Waals surface area contributed by atoms with Gasteiger partial charge in [-0.1, -0.05) is 48.5 Å². The van der Waals surface area contributed by atoms with E-state index in [1.165, 1.54) is 17.0 Å². The van der Waals surface area contributed by atoms with Gasteiger partial charge in [0.2, 0.25) is 0 Å². The first-order valence-electron chi connectivity index (χ1n) is 13.7. The summed E-state index contributed by atoms with van der Waals surface area (Å²) < 4.78 is 58.7. The van der Waals surface area contributed by atoms with E-state index in [2.05, 4.69) is 10.00 Å². The van der Waals surface area contributed by atoms with Gasteiger partial charge in [-0.3, -0.25) is 9.69 Å². The molecule has 0 radical (unpaired) electrons. The summed E-state index contributed by atoms with van der Waals surface area (Å²) in [5.41, 5.74) is 7.39. The minimum Gasteiger partial charge on any atom is -0.392 e. The number of β-amino-alcohol motifs (C(OH)–C–C–N with tert-alkyl or cyclic N) is 1. The van der Waals surface area contributed by atoms with Crippen LogP contribution in [0.25, 0.3) is 16.8 Å². The molecule has 6 rings (SSSR count). The summed E-state index contributed by atoms with van der Waals surface area (Å²) in [6.07, 6.45) is -4.57. The van der Waals surface area contributed by atoms with Gasteiger partial charge in [-0.25, -0.2) is 9.07 Å². The second-order valence-electron chi connectivity index (χ2n) is 10.6. The zero-order chi connectivity index (χ0) is 29.6. The highest BCUT2D eigenvalue weighted by molar-refractivity contribution is 6.08. The Labute approximate surface area is 239 Å². The van der Waals surface area contributed by atoms with E-state index in [1.807, 2.05) is 24.3 Å². The maximum absolute atomic E-state index is 15.7. The second kappa shape index (κ2) is 11.0. The van der Waals surface area contributed by atoms with E-state index >= 15 is 4.39 Å². The number of para-hydroxylation sites is 1. The van der Waals surface area contributed by atoms with Crippen molar-refractivity contribution >= 4 is 11.6 Å². The summed E-state index contributed by atoms with van der Waals surface area (Å²) in [6.45, 7) is 1.83. The molecular formula is C31H29F4N5O2. The summed E-state index contributed by atoms with van der Waals surface area (Å²) >= 11 is 0. The summed E-state index contributed by atoms with van der Waals surface area (Å²) in [6, 6.07) is 18.7. The van der Waals surface area contributed by atoms with E-state index in [0.29, 0.717) is 30.6 Å². The molecule has 7 nitrogen and oxygen atoms in total. The molecule has 1 amide bonds. The van der Waals surface area contributed by atoms with Gasteiger partial charge >= 0.3 is 6.18 Å². The van der Waals surface area contributed by atoms with Gasteiger partial charge in [0.15, 0.2) is 5.69 Å². The fourth-order valence-corrected chi connectivity index (χ4v) is 5.91. The van der Waals surface area contributed by atoms with Crippen molar-refractivity contribution < 1.29 is 27.5 Å². The number of carbonyl (C=O) groups excluding carboxylic acids is 1. The van der Waals surface area contributed by atoms with Gasteiger partial charge in [0.25, 0.3) is 5.91 Å². The number of hydrogen-bond donors (Lipinski definition) is 2. The number of nitrogens with two attached hydrogens (primary N) is 1. The van der Waals surface area contributed by atoms with Crippen LogP contribution < -0.4 is 10.6 Å². The second-order valence-corrected chi connectivity index (χ2v) is 10.6. The number of likely N-dealkylation sites (tertiary alicyclic amines) is 1. The molecule has 42 heavy (non-hydrogen) atoms. The van der Waals surface area contributed by atoms with Crippen molar-refractivity contribution in [3.63, 3.8) is 0 Å². The number of benzene rings is 3. The van der Waals surface area contributed by atoms with Gasteiger partial charge in [0.05, 0.1) is 17.5 Å². The van der Waals surface area contributed by atoms with E-state index in [4.69, 9.17) is 5.73 Å². The van der Waals surface area contributed by atoms with Crippen molar-refractivity contribution in [1.29, 1.82) is 0 Å². The highest BCUT2D eigenvalue weighted by Crippen LogP contribution is 2.38. The number of aliphatic hydroxyl groups excluding tert-OH is 1. The highest BCUT2D eigenvalue weighted by atomic mass is 19.4. The first kappa shape index (κ1) is 28.1. The van der Waals surface area contributed by atoms with Gasteiger partial charge < -0.3 is 15.7 Å². The minimum atomic E-state index is -4.77. The molecule has 3 aromatic carbocycles. The number of anilines is 1. The number of rotatable bonds is 6. The zero-order valence-electron chi connectivity index (χ0n) is 22.6. The molecule has 1 saturated heterocycles. The molecule has 0 bridgehead atoms. The normalized spacial score (nSPS) is 17.6. The number of aliphatic hydroxyl groups is 1. The maximum Gasteiger partial charge on any atom is 0.435 e. The number of aromatic nitrogens is 2. The molecule has 2 aliphatic rings. The van der Waals surface area contributed by atoms with Crippen molar-refractivity contribution in [1.82, 2.24) is 14.7 Å². The van der Waals surface area contributed by atoms with Crippen LogP contribution in [0.1, 0.15) is 39.3 Å². The monoisotopic (exact) mass is 579 g/mol. The Kier molecular flexibility index (Phi) is 7.34. The van der Waals surface area contributed by atoms with E-state index < -0.39 is 23.6 Å². The van der Waals surface area contributed by atoms with Crippen LogP contribution in [0.3, 0.4) is 0 Å². The van der Waals surface area contributed by atoms with Crippen LogP contribution in [0.4, 0.5) is 23.2 Å². The van der Waals surface area contributed by atoms with Crippen LogP contribution in [-0.2, 0) is 25.7 Å². The Balaban J connectivity index is 1.36. The van der Waals surface area contributed by atoms with Gasteiger partial charge in [-0.2, -0.15) is 18.3 Å². The summed E-state index contributed by atoms with van der Waals surface area (Å²) in [5.74, 6) is -1.44. The SMILES string of the molecule is NCc1ccccc1-n1nc(C(F)(F)F)c2c1C(=O)N(c1ccc(-c3ccccc3CN3CCC(O)C3)cc1F)CC2. The van der Waals surface area contributed by atoms with Crippen molar-refractivity contribution in [2.45, 2.75) is 38.2 Å². The number of hydrogen-bond acceptors (Lipinski definition) is 5. The standard InChI is InChI=1S/C31H29F4N5O2/c32-25-15-19(23-7-3-1-6-21(23)17-38-13-11-22(41)18-38)9-10-27(25)39-14-12-24-28(30(39)42)40(37-29(24)31(33,34)35)26-8-4-2-5-20(26)16-36/h1-10,15,22,41H,11-14,16-18,36H2. The van der Waals surface area contributed by atoms with Crippen LogP contribution in [0.15, 0.2) is 66.7 Å². The maximum atomic E-state index is 15.7. The van der Waals surface area contributed by atoms with Crippen molar-refractivity contribution in [2.24, 2.45) is 5.73 Å². The minimum absolute atomic E-state index is 0.0250. The fourth-order valence-electron chi connectivity index (χ4n) is 5.91. The quantitative estimate of drug-likeness (QED) is 0.317. The van der Waals surface area contributed by atoms with Crippen molar-refractivity contribution in [2.75, 3.05) is 24.5 Å². The van der Waals surface area contributed by atoms with E-state index in [-0.39, 0.29) is 48.2 Å². The summed E-state index contributed by atoms with van der Waals surface area (Å²) in [7, 11) is 0. The number of fused-ring (bicyclic) bond motifs is 1. The molecule has 0 aliphatic carbocycles. The van der Waals surface area contributed by atoms with Crippen molar-refractivity contribution in [3.8, 4) is 16.8 Å². The van der Waals surface area contributed by atoms with Crippen molar-refractivity contribution in [3.05, 3.63) is 101 Å². The molecule has 1 atom stereocenters. The lowest BCUT2D eigenvalue weighted by Gasteiger charge is -2.28. The molecule has 218 valence electrons. The third-order valence-corrected chi connectivity index (χ3v) is 7.93. The predicted octanol–water partition coefficient (Wildman–Crippen LogP) is 4.93. The molecule has 0 spiro atoms. The Hall–Kier alpha value is -4.06. The lowest BCUT2D eigenvalue weighted by atomic mass is 9.98. The average molecular weight is 580 g/mol. The average Bonchev–Trinajstić information content (AvgIpc) is 3.57. The van der Waals surface area contributed by atoms with Crippen LogP contribution >= 0.6 is 0 Å². The number of alkyl halides is 3. The lowest BCUT2D eigenvalue weighted by Crippen LogP contribution is -2.39. The van der Waals surface area contributed by atoms with Crippen LogP contribution in [0.5, 0.6) is 0 Å². The fraction of sp³-hybridized carbons (Fsp3) is 0.290. The van der Waals surface area contributed by atoms with Gasteiger partial charge in [0.1, 0.15) is 11.5 Å². The topological polar surface area (TPSA) is 87.6 Å². The number of halogens is 4. The predicted molar refractivity (Wildman–Crippen MR) is 150 cm³/mol. The zero-order valence-corrected chi connectivity index (χ0v) is 22.6. The molecular weight excluding hydrogens is 550 g/mol. The summed E-state index contributed by atoms with van der Waals surface area (Å²) in [5, 5.41) is 13.7. The molecule has 0 saturated carbocycles. The Morgan fingerprint density at radius 3 is 2.40 bits per heavy atom. The molecule has 2 aliphatic heterocycles. The Bertz CT molecular complexity index is 1650. The third kappa shape index (κ3) is 5.08.